The molecule has 1 aromatic carbocycles. The molecule has 1 rings (SSSR count). The van der Waals surface area contributed by atoms with E-state index in [1.807, 2.05) is 32.0 Å². The predicted octanol–water partition coefficient (Wildman–Crippen LogP) is 3.22. The minimum absolute atomic E-state index is 0.184. The minimum Gasteiger partial charge on any atom is -0.491 e. The van der Waals surface area contributed by atoms with Gasteiger partial charge >= 0.3 is 0 Å². The molecule has 0 aliphatic carbocycles. The normalized spacial score (nSPS) is 9.77. The lowest BCUT2D eigenvalue weighted by Gasteiger charge is -2.09. The van der Waals surface area contributed by atoms with Crippen LogP contribution in [0.4, 0.5) is 0 Å². The second-order valence-electron chi connectivity index (χ2n) is 2.95. The Hall–Kier alpha value is -0.940. The van der Waals surface area contributed by atoms with Crippen LogP contribution in [0.1, 0.15) is 19.4 Å². The summed E-state index contributed by atoms with van der Waals surface area (Å²) in [5, 5.41) is 0. The molecule has 0 saturated carbocycles. The number of terminal acetylenes is 1. The molecule has 0 spiro atoms. The van der Waals surface area contributed by atoms with E-state index < -0.39 is 0 Å². The van der Waals surface area contributed by atoms with Gasteiger partial charge < -0.3 is 4.74 Å². The van der Waals surface area contributed by atoms with Crippen molar-refractivity contribution in [1.82, 2.24) is 0 Å². The summed E-state index contributed by atoms with van der Waals surface area (Å²) >= 11 is 3.37. The fraction of sp³-hybridized carbons (Fsp3) is 0.273. The topological polar surface area (TPSA) is 9.23 Å². The average molecular weight is 239 g/mol. The van der Waals surface area contributed by atoms with Gasteiger partial charge in [-0.1, -0.05) is 5.92 Å². The standard InChI is InChI=1S/C11H11BrO/c1-4-9-5-6-10(7-11(9)12)13-8(2)3/h1,5-8H,2-3H3. The molecule has 0 aliphatic rings. The van der Waals surface area contributed by atoms with Crippen molar-refractivity contribution in [3.05, 3.63) is 28.2 Å². The summed E-state index contributed by atoms with van der Waals surface area (Å²) in [6, 6.07) is 5.62. The van der Waals surface area contributed by atoms with Crippen molar-refractivity contribution >= 4 is 15.9 Å². The highest BCUT2D eigenvalue weighted by Crippen LogP contribution is 2.22. The summed E-state index contributed by atoms with van der Waals surface area (Å²) in [6.07, 6.45) is 5.47. The van der Waals surface area contributed by atoms with E-state index in [0.717, 1.165) is 15.8 Å². The van der Waals surface area contributed by atoms with Crippen molar-refractivity contribution in [2.24, 2.45) is 0 Å². The molecular formula is C11H11BrO. The van der Waals surface area contributed by atoms with E-state index in [2.05, 4.69) is 21.9 Å². The van der Waals surface area contributed by atoms with Crippen molar-refractivity contribution in [3.8, 4) is 18.1 Å². The molecule has 0 bridgehead atoms. The Kier molecular flexibility index (Phi) is 3.39. The highest BCUT2D eigenvalue weighted by molar-refractivity contribution is 9.10. The SMILES string of the molecule is C#Cc1ccc(OC(C)C)cc1Br. The van der Waals surface area contributed by atoms with Gasteiger partial charge in [-0.2, -0.15) is 0 Å². The highest BCUT2D eigenvalue weighted by Gasteiger charge is 2.01. The lowest BCUT2D eigenvalue weighted by Crippen LogP contribution is -2.05. The maximum Gasteiger partial charge on any atom is 0.120 e. The predicted molar refractivity (Wildman–Crippen MR) is 57.8 cm³/mol. The van der Waals surface area contributed by atoms with Crippen molar-refractivity contribution in [2.45, 2.75) is 20.0 Å². The van der Waals surface area contributed by atoms with Crippen LogP contribution in [0.2, 0.25) is 0 Å². The van der Waals surface area contributed by atoms with Crippen LogP contribution in [0.15, 0.2) is 22.7 Å². The smallest absolute Gasteiger partial charge is 0.120 e. The number of halogens is 1. The van der Waals surface area contributed by atoms with Crippen LogP contribution in [0.25, 0.3) is 0 Å². The maximum absolute atomic E-state index is 5.50. The summed E-state index contributed by atoms with van der Waals surface area (Å²) < 4.78 is 6.39. The van der Waals surface area contributed by atoms with E-state index in [9.17, 15) is 0 Å². The van der Waals surface area contributed by atoms with Gasteiger partial charge in [0.05, 0.1) is 6.10 Å². The summed E-state index contributed by atoms with van der Waals surface area (Å²) in [4.78, 5) is 0. The minimum atomic E-state index is 0.184. The molecule has 0 aromatic heterocycles. The van der Waals surface area contributed by atoms with Crippen molar-refractivity contribution in [3.63, 3.8) is 0 Å². The van der Waals surface area contributed by atoms with E-state index in [1.165, 1.54) is 0 Å². The van der Waals surface area contributed by atoms with Crippen LogP contribution in [0, 0.1) is 12.3 Å². The first-order chi connectivity index (χ1) is 6.13. The maximum atomic E-state index is 5.50. The first-order valence-corrected chi connectivity index (χ1v) is 4.85. The van der Waals surface area contributed by atoms with Gasteiger partial charge in [0.2, 0.25) is 0 Å². The lowest BCUT2D eigenvalue weighted by molar-refractivity contribution is 0.242. The van der Waals surface area contributed by atoms with Crippen molar-refractivity contribution in [2.75, 3.05) is 0 Å². The Morgan fingerprint density at radius 2 is 2.15 bits per heavy atom. The van der Waals surface area contributed by atoms with E-state index in [4.69, 9.17) is 11.2 Å². The molecular weight excluding hydrogens is 228 g/mol. The number of hydrogen-bond acceptors (Lipinski definition) is 1. The van der Waals surface area contributed by atoms with E-state index in [0.29, 0.717) is 0 Å². The van der Waals surface area contributed by atoms with E-state index >= 15 is 0 Å². The van der Waals surface area contributed by atoms with Gasteiger partial charge in [0.1, 0.15) is 5.75 Å². The third-order valence-corrected chi connectivity index (χ3v) is 2.12. The molecule has 13 heavy (non-hydrogen) atoms. The fourth-order valence-corrected chi connectivity index (χ4v) is 1.43. The molecule has 0 heterocycles. The zero-order valence-electron chi connectivity index (χ0n) is 7.67. The number of rotatable bonds is 2. The quantitative estimate of drug-likeness (QED) is 0.720. The molecule has 0 unspecified atom stereocenters. The lowest BCUT2D eigenvalue weighted by atomic mass is 10.2. The third kappa shape index (κ3) is 2.78. The van der Waals surface area contributed by atoms with Gasteiger partial charge in [0.15, 0.2) is 0 Å². The molecule has 0 amide bonds. The summed E-state index contributed by atoms with van der Waals surface area (Å²) in [6.45, 7) is 3.98. The molecule has 0 N–H and O–H groups in total. The second kappa shape index (κ2) is 4.34. The first-order valence-electron chi connectivity index (χ1n) is 4.06. The Morgan fingerprint density at radius 3 is 2.62 bits per heavy atom. The fourth-order valence-electron chi connectivity index (χ4n) is 0.958. The molecule has 0 radical (unpaired) electrons. The summed E-state index contributed by atoms with van der Waals surface area (Å²) in [5.41, 5.74) is 0.844. The Morgan fingerprint density at radius 1 is 1.46 bits per heavy atom. The monoisotopic (exact) mass is 238 g/mol. The average Bonchev–Trinajstić information content (AvgIpc) is 2.03. The molecule has 0 aliphatic heterocycles. The number of hydrogen-bond donors (Lipinski definition) is 0. The zero-order chi connectivity index (χ0) is 9.84. The van der Waals surface area contributed by atoms with Crippen LogP contribution in [-0.4, -0.2) is 6.10 Å². The van der Waals surface area contributed by atoms with Gasteiger partial charge in [-0.25, -0.2) is 0 Å². The highest BCUT2D eigenvalue weighted by atomic mass is 79.9. The summed E-state index contributed by atoms with van der Waals surface area (Å²) in [7, 11) is 0. The Balaban J connectivity index is 2.91. The molecule has 0 atom stereocenters. The van der Waals surface area contributed by atoms with E-state index in [1.54, 1.807) is 0 Å². The van der Waals surface area contributed by atoms with Crippen molar-refractivity contribution < 1.29 is 4.74 Å². The summed E-state index contributed by atoms with van der Waals surface area (Å²) in [5.74, 6) is 3.41. The molecule has 2 heteroatoms. The van der Waals surface area contributed by atoms with Crippen molar-refractivity contribution in [1.29, 1.82) is 0 Å². The second-order valence-corrected chi connectivity index (χ2v) is 3.81. The van der Waals surface area contributed by atoms with E-state index in [-0.39, 0.29) is 6.10 Å². The molecule has 1 aromatic rings. The Bertz CT molecular complexity index is 336. The largest absolute Gasteiger partial charge is 0.491 e. The van der Waals surface area contributed by atoms with Gasteiger partial charge in [-0.15, -0.1) is 6.42 Å². The molecule has 0 fully saturated rings. The van der Waals surface area contributed by atoms with Crippen LogP contribution in [0.3, 0.4) is 0 Å². The van der Waals surface area contributed by atoms with Crippen LogP contribution < -0.4 is 4.74 Å². The van der Waals surface area contributed by atoms with Gasteiger partial charge in [0, 0.05) is 10.0 Å². The molecule has 0 saturated heterocycles. The zero-order valence-corrected chi connectivity index (χ0v) is 9.26. The van der Waals surface area contributed by atoms with Gasteiger partial charge in [0.25, 0.3) is 0 Å². The molecule has 1 nitrogen and oxygen atoms in total. The molecule has 68 valence electrons. The number of ether oxygens (including phenoxy) is 1. The van der Waals surface area contributed by atoms with Gasteiger partial charge in [-0.3, -0.25) is 0 Å². The van der Waals surface area contributed by atoms with Gasteiger partial charge in [-0.05, 0) is 48.0 Å². The first kappa shape index (κ1) is 10.1. The van der Waals surface area contributed by atoms with Crippen LogP contribution in [-0.2, 0) is 0 Å². The number of benzene rings is 1. The van der Waals surface area contributed by atoms with Crippen LogP contribution in [0.5, 0.6) is 5.75 Å². The van der Waals surface area contributed by atoms with Crippen LogP contribution >= 0.6 is 15.9 Å². The third-order valence-electron chi connectivity index (χ3n) is 1.47. The Labute approximate surface area is 87.2 Å².